The molecule has 0 bridgehead atoms. The number of aryl methyl sites for hydroxylation is 1. The summed E-state index contributed by atoms with van der Waals surface area (Å²) in [6.07, 6.45) is 7.02. The molecule has 0 saturated carbocycles. The van der Waals surface area contributed by atoms with E-state index in [4.69, 9.17) is 15.3 Å². The lowest BCUT2D eigenvalue weighted by molar-refractivity contribution is 0.306. The van der Waals surface area contributed by atoms with Crippen LogP contribution in [0.4, 0.5) is 0 Å². The van der Waals surface area contributed by atoms with Crippen molar-refractivity contribution in [2.75, 3.05) is 0 Å². The van der Waals surface area contributed by atoms with E-state index in [1.807, 2.05) is 98.9 Å². The Morgan fingerprint density at radius 3 is 1.82 bits per heavy atom. The fourth-order valence-electron chi connectivity index (χ4n) is 4.88. The van der Waals surface area contributed by atoms with Crippen LogP contribution in [-0.2, 0) is 6.61 Å². The van der Waals surface area contributed by atoms with Crippen molar-refractivity contribution in [1.29, 1.82) is 10.5 Å². The lowest BCUT2D eigenvalue weighted by Gasteiger charge is -2.07. The topological polar surface area (TPSA) is 114 Å². The van der Waals surface area contributed by atoms with Crippen LogP contribution in [-0.4, -0.2) is 19.9 Å². The molecule has 0 aliphatic rings. The van der Waals surface area contributed by atoms with Crippen molar-refractivity contribution in [2.45, 2.75) is 27.4 Å². The van der Waals surface area contributed by atoms with E-state index in [9.17, 15) is 0 Å². The summed E-state index contributed by atoms with van der Waals surface area (Å²) in [4.78, 5) is 14.8. The molecule has 3 aromatic carbocycles. The number of fused-ring (bicyclic) bond motifs is 2. The van der Waals surface area contributed by atoms with E-state index >= 15 is 0 Å². The van der Waals surface area contributed by atoms with Crippen LogP contribution in [0.3, 0.4) is 0 Å². The number of aromatic nitrogens is 4. The SMILES string of the molecule is CC.Cc1ccccc1-c1cnc2[nH]cc(C#N)c2c1.N#Cc1c[nH]c2ncc(-c3ccc(OCc4ccccc4)cc3)cc12. The zero-order chi connectivity index (χ0) is 31.6. The van der Waals surface area contributed by atoms with Crippen molar-refractivity contribution in [3.63, 3.8) is 0 Å². The third kappa shape index (κ3) is 6.91. The van der Waals surface area contributed by atoms with Crippen LogP contribution in [0.1, 0.15) is 36.1 Å². The molecule has 2 N–H and O–H groups in total. The summed E-state index contributed by atoms with van der Waals surface area (Å²) in [7, 11) is 0. The van der Waals surface area contributed by atoms with Gasteiger partial charge in [-0.1, -0.05) is 80.6 Å². The molecule has 7 rings (SSSR count). The second kappa shape index (κ2) is 14.3. The van der Waals surface area contributed by atoms with Gasteiger partial charge < -0.3 is 14.7 Å². The molecule has 0 radical (unpaired) electrons. The highest BCUT2D eigenvalue weighted by Gasteiger charge is 2.09. The quantitative estimate of drug-likeness (QED) is 0.208. The molecule has 4 heterocycles. The van der Waals surface area contributed by atoms with Crippen LogP contribution in [0.15, 0.2) is 116 Å². The molecule has 0 fully saturated rings. The molecule has 45 heavy (non-hydrogen) atoms. The van der Waals surface area contributed by atoms with Gasteiger partial charge in [0.05, 0.1) is 11.1 Å². The minimum Gasteiger partial charge on any atom is -0.489 e. The molecule has 7 aromatic rings. The maximum atomic E-state index is 9.16. The number of H-pyrrole nitrogens is 2. The van der Waals surface area contributed by atoms with E-state index in [-0.39, 0.29) is 0 Å². The first-order chi connectivity index (χ1) is 22.1. The van der Waals surface area contributed by atoms with Crippen LogP contribution >= 0.6 is 0 Å². The molecular weight excluding hydrogens is 556 g/mol. The first-order valence-corrected chi connectivity index (χ1v) is 14.7. The lowest BCUT2D eigenvalue weighted by Crippen LogP contribution is -1.94. The highest BCUT2D eigenvalue weighted by molar-refractivity contribution is 5.88. The van der Waals surface area contributed by atoms with Crippen molar-refractivity contribution in [3.05, 3.63) is 138 Å². The smallest absolute Gasteiger partial charge is 0.138 e. The first-order valence-electron chi connectivity index (χ1n) is 14.7. The Bertz CT molecular complexity index is 2110. The van der Waals surface area contributed by atoms with Crippen molar-refractivity contribution in [3.8, 4) is 40.1 Å². The number of rotatable bonds is 5. The average molecular weight is 589 g/mol. The number of ether oxygens (including phenoxy) is 1. The van der Waals surface area contributed by atoms with Gasteiger partial charge in [0.15, 0.2) is 0 Å². The van der Waals surface area contributed by atoms with E-state index in [2.05, 4.69) is 51.1 Å². The first kappa shape index (κ1) is 30.3. The van der Waals surface area contributed by atoms with Gasteiger partial charge in [-0.3, -0.25) is 0 Å². The van der Waals surface area contributed by atoms with Gasteiger partial charge in [-0.15, -0.1) is 0 Å². The van der Waals surface area contributed by atoms with Gasteiger partial charge >= 0.3 is 0 Å². The molecule has 0 unspecified atom stereocenters. The molecule has 220 valence electrons. The Labute approximate surface area is 262 Å². The molecule has 0 aliphatic carbocycles. The zero-order valence-electron chi connectivity index (χ0n) is 25.4. The summed E-state index contributed by atoms with van der Waals surface area (Å²) in [6.45, 7) is 6.62. The predicted molar refractivity (Wildman–Crippen MR) is 179 cm³/mol. The number of nitrogens with zero attached hydrogens (tertiary/aromatic N) is 4. The second-order valence-corrected chi connectivity index (χ2v) is 9.98. The zero-order valence-corrected chi connectivity index (χ0v) is 25.4. The van der Waals surface area contributed by atoms with Crippen molar-refractivity contribution in [2.24, 2.45) is 0 Å². The maximum Gasteiger partial charge on any atom is 0.138 e. The van der Waals surface area contributed by atoms with Crippen LogP contribution in [0.25, 0.3) is 44.3 Å². The molecule has 0 atom stereocenters. The highest BCUT2D eigenvalue weighted by atomic mass is 16.5. The number of pyridine rings is 2. The van der Waals surface area contributed by atoms with E-state index in [1.165, 1.54) is 5.56 Å². The number of nitrogens with one attached hydrogen (secondary N) is 2. The minimum absolute atomic E-state index is 0.544. The Hall–Kier alpha value is -6.18. The van der Waals surface area contributed by atoms with E-state index in [1.54, 1.807) is 18.6 Å². The average Bonchev–Trinajstić information content (AvgIpc) is 3.72. The summed E-state index contributed by atoms with van der Waals surface area (Å²) < 4.78 is 5.81. The standard InChI is InChI=1S/C21H15N3O.C15H11N3.C2H6/c22-11-18-13-24-21-20(18)10-17(12-23-21)16-6-8-19(9-7-16)25-14-15-4-2-1-3-5-15;1-10-4-2-3-5-13(10)11-6-14-12(7-16)9-18-15(14)17-8-11;1-2/h1-10,12-13H,14H2,(H,23,24);2-6,8-9H,1H3,(H,17,18);1-2H3. The van der Waals surface area contributed by atoms with Crippen LogP contribution in [0.2, 0.25) is 0 Å². The monoisotopic (exact) mass is 588 g/mol. The van der Waals surface area contributed by atoms with E-state index in [0.717, 1.165) is 55.6 Å². The molecule has 0 aliphatic heterocycles. The van der Waals surface area contributed by atoms with Gasteiger partial charge in [-0.25, -0.2) is 9.97 Å². The number of aromatic amines is 2. The van der Waals surface area contributed by atoms with Crippen LogP contribution in [0.5, 0.6) is 5.75 Å². The van der Waals surface area contributed by atoms with Crippen LogP contribution < -0.4 is 4.74 Å². The van der Waals surface area contributed by atoms with Gasteiger partial charge in [0.2, 0.25) is 0 Å². The van der Waals surface area contributed by atoms with Gasteiger partial charge in [-0.05, 0) is 53.4 Å². The van der Waals surface area contributed by atoms with Crippen molar-refractivity contribution < 1.29 is 4.74 Å². The maximum absolute atomic E-state index is 9.16. The molecule has 7 nitrogen and oxygen atoms in total. The molecule has 0 amide bonds. The number of hydrogen-bond donors (Lipinski definition) is 2. The fourth-order valence-corrected chi connectivity index (χ4v) is 4.88. The summed E-state index contributed by atoms with van der Waals surface area (Å²) in [6, 6.07) is 34.5. The number of hydrogen-bond acceptors (Lipinski definition) is 5. The second-order valence-electron chi connectivity index (χ2n) is 9.98. The van der Waals surface area contributed by atoms with Gasteiger partial charge in [-0.2, -0.15) is 10.5 Å². The Morgan fingerprint density at radius 1 is 0.667 bits per heavy atom. The van der Waals surface area contributed by atoms with E-state index < -0.39 is 0 Å². The number of benzene rings is 3. The Morgan fingerprint density at radius 2 is 1.22 bits per heavy atom. The van der Waals surface area contributed by atoms with E-state index in [0.29, 0.717) is 17.7 Å². The van der Waals surface area contributed by atoms with Crippen molar-refractivity contribution >= 4 is 22.1 Å². The number of nitriles is 2. The normalized spacial score (nSPS) is 10.2. The lowest BCUT2D eigenvalue weighted by atomic mass is 10.0. The third-order valence-electron chi connectivity index (χ3n) is 7.20. The molecular formula is C38H32N6O. The van der Waals surface area contributed by atoms with Gasteiger partial charge in [0.1, 0.15) is 35.8 Å². The molecule has 7 heteroatoms. The van der Waals surface area contributed by atoms with Crippen LogP contribution in [0, 0.1) is 29.6 Å². The summed E-state index contributed by atoms with van der Waals surface area (Å²) in [5.74, 6) is 0.820. The predicted octanol–water partition coefficient (Wildman–Crippen LogP) is 9.12. The molecule has 4 aromatic heterocycles. The summed E-state index contributed by atoms with van der Waals surface area (Å²) >= 11 is 0. The largest absolute Gasteiger partial charge is 0.489 e. The Kier molecular flexibility index (Phi) is 9.64. The third-order valence-corrected chi connectivity index (χ3v) is 7.20. The fraction of sp³-hybridized carbons (Fsp3) is 0.105. The van der Waals surface area contributed by atoms with Gasteiger partial charge in [0.25, 0.3) is 0 Å². The molecule has 0 saturated heterocycles. The highest BCUT2D eigenvalue weighted by Crippen LogP contribution is 2.28. The van der Waals surface area contributed by atoms with Crippen molar-refractivity contribution in [1.82, 2.24) is 19.9 Å². The summed E-state index contributed by atoms with van der Waals surface area (Å²) in [5, 5.41) is 19.9. The Balaban J connectivity index is 0.000000177. The summed E-state index contributed by atoms with van der Waals surface area (Å²) in [5.41, 5.74) is 9.25. The van der Waals surface area contributed by atoms with Gasteiger partial charge in [0, 0.05) is 46.7 Å². The molecule has 0 spiro atoms. The minimum atomic E-state index is 0.544.